The lowest BCUT2D eigenvalue weighted by Gasteiger charge is -2.42. The SMILES string of the molecule is CN(CCc1ccccc1)c1oc(C(CC2CCC(C(C)(C)Nc3ccc(Cl)cc3)CC2)N2CCCCC2)nc1Cc1ccccc1. The molecule has 6 rings (SSSR count). The number of hydrogen-bond acceptors (Lipinski definition) is 5. The molecule has 47 heavy (non-hydrogen) atoms. The van der Waals surface area contributed by atoms with Gasteiger partial charge in [-0.2, -0.15) is 0 Å². The summed E-state index contributed by atoms with van der Waals surface area (Å²) < 4.78 is 6.90. The van der Waals surface area contributed by atoms with Crippen molar-refractivity contribution >= 4 is 23.2 Å². The van der Waals surface area contributed by atoms with Crippen molar-refractivity contribution in [3.8, 4) is 0 Å². The number of likely N-dealkylation sites (tertiary alicyclic amines) is 1. The smallest absolute Gasteiger partial charge is 0.219 e. The summed E-state index contributed by atoms with van der Waals surface area (Å²) in [4.78, 5) is 10.3. The summed E-state index contributed by atoms with van der Waals surface area (Å²) >= 11 is 6.14. The van der Waals surface area contributed by atoms with E-state index in [2.05, 4.69) is 109 Å². The fraction of sp³-hybridized carbons (Fsp3) is 0.488. The summed E-state index contributed by atoms with van der Waals surface area (Å²) in [5, 5.41) is 4.59. The molecule has 250 valence electrons. The number of nitrogens with one attached hydrogen (secondary N) is 1. The Morgan fingerprint density at radius 3 is 2.17 bits per heavy atom. The second-order valence-corrected chi connectivity index (χ2v) is 15.0. The summed E-state index contributed by atoms with van der Waals surface area (Å²) in [5.41, 5.74) is 4.85. The van der Waals surface area contributed by atoms with Crippen molar-refractivity contribution in [2.45, 2.75) is 89.6 Å². The molecule has 2 aliphatic rings. The molecule has 2 fully saturated rings. The van der Waals surface area contributed by atoms with E-state index in [0.29, 0.717) is 11.8 Å². The Morgan fingerprint density at radius 2 is 1.51 bits per heavy atom. The van der Waals surface area contributed by atoms with Crippen molar-refractivity contribution in [2.75, 3.05) is 36.9 Å². The number of oxazole rings is 1. The van der Waals surface area contributed by atoms with E-state index in [1.54, 1.807) is 0 Å². The van der Waals surface area contributed by atoms with Gasteiger partial charge in [-0.25, -0.2) is 4.98 Å². The number of anilines is 2. The minimum Gasteiger partial charge on any atom is -0.423 e. The first-order valence-corrected chi connectivity index (χ1v) is 18.3. The van der Waals surface area contributed by atoms with Crippen LogP contribution in [0.15, 0.2) is 89.3 Å². The van der Waals surface area contributed by atoms with Gasteiger partial charge in [0.25, 0.3) is 0 Å². The summed E-state index contributed by atoms with van der Waals surface area (Å²) in [6.45, 7) is 7.87. The van der Waals surface area contributed by atoms with Crippen LogP contribution in [0.2, 0.25) is 5.02 Å². The van der Waals surface area contributed by atoms with Crippen LogP contribution >= 0.6 is 11.6 Å². The molecule has 1 saturated carbocycles. The number of piperidine rings is 1. The van der Waals surface area contributed by atoms with E-state index in [0.717, 1.165) is 67.1 Å². The molecule has 6 heteroatoms. The third kappa shape index (κ3) is 9.00. The molecule has 5 nitrogen and oxygen atoms in total. The average Bonchev–Trinajstić information content (AvgIpc) is 3.52. The van der Waals surface area contributed by atoms with Crippen LogP contribution in [0.4, 0.5) is 11.6 Å². The van der Waals surface area contributed by atoms with Crippen molar-refractivity contribution in [3.05, 3.63) is 113 Å². The maximum Gasteiger partial charge on any atom is 0.219 e. The molecule has 1 aromatic heterocycles. The number of hydrogen-bond donors (Lipinski definition) is 1. The maximum atomic E-state index is 6.90. The van der Waals surface area contributed by atoms with E-state index < -0.39 is 0 Å². The third-order valence-corrected chi connectivity index (χ3v) is 10.9. The molecule has 1 aliphatic carbocycles. The topological polar surface area (TPSA) is 44.5 Å². The van der Waals surface area contributed by atoms with E-state index in [9.17, 15) is 0 Å². The Balaban J connectivity index is 1.18. The van der Waals surface area contributed by atoms with E-state index in [-0.39, 0.29) is 11.6 Å². The molecule has 1 atom stereocenters. The quantitative estimate of drug-likeness (QED) is 0.156. The molecule has 0 spiro atoms. The highest BCUT2D eigenvalue weighted by molar-refractivity contribution is 6.30. The number of rotatable bonds is 13. The molecule has 2 heterocycles. The normalized spacial score (nSPS) is 19.7. The average molecular weight is 653 g/mol. The van der Waals surface area contributed by atoms with Crippen molar-refractivity contribution in [2.24, 2.45) is 11.8 Å². The van der Waals surface area contributed by atoms with Crippen molar-refractivity contribution < 1.29 is 4.42 Å². The van der Waals surface area contributed by atoms with Gasteiger partial charge in [0.15, 0.2) is 0 Å². The second kappa shape index (κ2) is 15.7. The van der Waals surface area contributed by atoms with Gasteiger partial charge in [0, 0.05) is 36.3 Å². The van der Waals surface area contributed by atoms with Gasteiger partial charge < -0.3 is 14.6 Å². The van der Waals surface area contributed by atoms with E-state index in [1.165, 1.54) is 56.1 Å². The summed E-state index contributed by atoms with van der Waals surface area (Å²) in [5.74, 6) is 3.16. The monoisotopic (exact) mass is 652 g/mol. The molecule has 1 saturated heterocycles. The Labute approximate surface area is 287 Å². The fourth-order valence-corrected chi connectivity index (χ4v) is 7.95. The van der Waals surface area contributed by atoms with Gasteiger partial charge in [-0.05, 0) is 113 Å². The number of nitrogens with zero attached hydrogens (tertiary/aromatic N) is 3. The zero-order valence-corrected chi connectivity index (χ0v) is 29.4. The van der Waals surface area contributed by atoms with Crippen molar-refractivity contribution in [1.82, 2.24) is 9.88 Å². The van der Waals surface area contributed by atoms with Gasteiger partial charge in [-0.1, -0.05) is 91.5 Å². The number of halogens is 1. The lowest BCUT2D eigenvalue weighted by atomic mass is 9.71. The van der Waals surface area contributed by atoms with Crippen molar-refractivity contribution in [3.63, 3.8) is 0 Å². The van der Waals surface area contributed by atoms with Crippen LogP contribution in [-0.4, -0.2) is 42.1 Å². The van der Waals surface area contributed by atoms with Crippen LogP contribution in [0, 0.1) is 11.8 Å². The highest BCUT2D eigenvalue weighted by atomic mass is 35.5. The molecule has 1 unspecified atom stereocenters. The van der Waals surface area contributed by atoms with E-state index >= 15 is 0 Å². The zero-order valence-electron chi connectivity index (χ0n) is 28.6. The van der Waals surface area contributed by atoms with Crippen LogP contribution in [0.1, 0.15) is 94.0 Å². The van der Waals surface area contributed by atoms with Crippen LogP contribution in [-0.2, 0) is 12.8 Å². The number of likely N-dealkylation sites (N-methyl/N-ethyl adjacent to an activating group) is 1. The van der Waals surface area contributed by atoms with Gasteiger partial charge in [0.1, 0.15) is 5.69 Å². The third-order valence-electron chi connectivity index (χ3n) is 10.7. The summed E-state index contributed by atoms with van der Waals surface area (Å²) in [7, 11) is 2.17. The van der Waals surface area contributed by atoms with Gasteiger partial charge in [-0.3, -0.25) is 4.90 Å². The Kier molecular flexibility index (Phi) is 11.3. The highest BCUT2D eigenvalue weighted by Gasteiger charge is 2.36. The lowest BCUT2D eigenvalue weighted by molar-refractivity contribution is 0.102. The Bertz CT molecular complexity index is 1510. The number of benzene rings is 3. The van der Waals surface area contributed by atoms with Crippen LogP contribution in [0.5, 0.6) is 0 Å². The van der Waals surface area contributed by atoms with Crippen LogP contribution < -0.4 is 10.2 Å². The van der Waals surface area contributed by atoms with Crippen LogP contribution in [0.3, 0.4) is 0 Å². The molecule has 1 aliphatic heterocycles. The number of aromatic nitrogens is 1. The van der Waals surface area contributed by atoms with Gasteiger partial charge >= 0.3 is 0 Å². The van der Waals surface area contributed by atoms with Crippen LogP contribution in [0.25, 0.3) is 0 Å². The molecular weight excluding hydrogens is 600 g/mol. The van der Waals surface area contributed by atoms with Gasteiger partial charge in [0.2, 0.25) is 11.8 Å². The predicted molar refractivity (Wildman–Crippen MR) is 197 cm³/mol. The Hall–Kier alpha value is -3.28. The van der Waals surface area contributed by atoms with Gasteiger partial charge in [0.05, 0.1) is 6.04 Å². The minimum atomic E-state index is 0.0270. The van der Waals surface area contributed by atoms with Gasteiger partial charge in [-0.15, -0.1) is 0 Å². The minimum absolute atomic E-state index is 0.0270. The molecule has 1 N–H and O–H groups in total. The summed E-state index contributed by atoms with van der Waals surface area (Å²) in [6.07, 6.45) is 11.7. The lowest BCUT2D eigenvalue weighted by Crippen LogP contribution is -2.42. The zero-order chi connectivity index (χ0) is 32.6. The fourth-order valence-electron chi connectivity index (χ4n) is 7.83. The van der Waals surface area contributed by atoms with Crippen molar-refractivity contribution in [1.29, 1.82) is 0 Å². The molecule has 0 radical (unpaired) electrons. The largest absolute Gasteiger partial charge is 0.423 e. The first-order valence-electron chi connectivity index (χ1n) is 17.9. The Morgan fingerprint density at radius 1 is 0.872 bits per heavy atom. The standard InChI is InChI=1S/C41H53ClN4O/c1-41(2,44-36-23-21-35(42)22-24-36)34-19-17-33(18-20-34)30-38(46-26-11-6-12-27-46)39-43-37(29-32-15-9-5-10-16-32)40(47-39)45(3)28-25-31-13-7-4-8-14-31/h4-5,7-10,13-16,21-24,33-34,38,44H,6,11-12,17-20,25-30H2,1-3H3. The predicted octanol–water partition coefficient (Wildman–Crippen LogP) is 10.2. The highest BCUT2D eigenvalue weighted by Crippen LogP contribution is 2.42. The molecule has 3 aromatic carbocycles. The molecule has 0 bridgehead atoms. The second-order valence-electron chi connectivity index (χ2n) is 14.5. The summed E-state index contributed by atoms with van der Waals surface area (Å²) in [6, 6.07) is 29.8. The first-order chi connectivity index (χ1) is 22.8. The first kappa shape index (κ1) is 33.6. The molecule has 0 amide bonds. The molecular formula is C41H53ClN4O. The van der Waals surface area contributed by atoms with E-state index in [1.807, 2.05) is 12.1 Å². The van der Waals surface area contributed by atoms with E-state index in [4.69, 9.17) is 21.0 Å². The molecule has 4 aromatic rings. The maximum absolute atomic E-state index is 6.90.